The van der Waals surface area contributed by atoms with Gasteiger partial charge in [-0.2, -0.15) is 15.5 Å². The van der Waals surface area contributed by atoms with Gasteiger partial charge in [-0.25, -0.2) is 4.52 Å². The summed E-state index contributed by atoms with van der Waals surface area (Å²) in [6, 6.07) is 16.6. The summed E-state index contributed by atoms with van der Waals surface area (Å²) < 4.78 is 3.56. The van der Waals surface area contributed by atoms with Crippen molar-refractivity contribution in [3.8, 4) is 6.07 Å². The monoisotopic (exact) mass is 865 g/mol. The highest BCUT2D eigenvalue weighted by Gasteiger charge is 2.45. The molecule has 5 aromatic rings. The normalized spacial score (nSPS) is 22.9. The Labute approximate surface area is 369 Å². The summed E-state index contributed by atoms with van der Waals surface area (Å²) in [6.45, 7) is 9.21. The molecule has 17 heteroatoms. The number of fused-ring (bicyclic) bond motifs is 3. The number of carbonyl (C=O) groups excluding carboxylic acids is 5. The summed E-state index contributed by atoms with van der Waals surface area (Å²) in [5.74, 6) is -2.34. The molecule has 3 aromatic heterocycles. The van der Waals surface area contributed by atoms with Crippen molar-refractivity contribution in [2.45, 2.75) is 95.0 Å². The van der Waals surface area contributed by atoms with Crippen molar-refractivity contribution in [1.29, 1.82) is 5.26 Å². The second-order valence-electron chi connectivity index (χ2n) is 18.4. The number of nitrogens with zero attached hydrogens (tertiary/aromatic N) is 9. The van der Waals surface area contributed by atoms with Crippen LogP contribution in [0.3, 0.4) is 0 Å². The van der Waals surface area contributed by atoms with Gasteiger partial charge in [0.05, 0.1) is 45.6 Å². The molecule has 1 aliphatic carbocycles. The number of piperazine rings is 1. The van der Waals surface area contributed by atoms with E-state index in [0.717, 1.165) is 99.3 Å². The van der Waals surface area contributed by atoms with Crippen LogP contribution < -0.4 is 15.5 Å². The van der Waals surface area contributed by atoms with Crippen molar-refractivity contribution in [3.05, 3.63) is 88.9 Å². The Hall–Kier alpha value is -6.48. The predicted molar refractivity (Wildman–Crippen MR) is 236 cm³/mol. The summed E-state index contributed by atoms with van der Waals surface area (Å²) in [5, 5.41) is 35.8. The van der Waals surface area contributed by atoms with Crippen LogP contribution in [0.15, 0.2) is 60.9 Å². The van der Waals surface area contributed by atoms with E-state index in [1.807, 2.05) is 24.4 Å². The van der Waals surface area contributed by atoms with E-state index in [1.54, 1.807) is 44.2 Å². The van der Waals surface area contributed by atoms with Crippen molar-refractivity contribution in [2.75, 3.05) is 49.5 Å². The molecular weight excluding hydrogens is 815 g/mol. The van der Waals surface area contributed by atoms with Crippen LogP contribution in [0.2, 0.25) is 0 Å². The summed E-state index contributed by atoms with van der Waals surface area (Å²) in [7, 11) is 0. The Morgan fingerprint density at radius 3 is 2.20 bits per heavy atom. The highest BCUT2D eigenvalue weighted by atomic mass is 16.3. The van der Waals surface area contributed by atoms with Crippen LogP contribution in [0.5, 0.6) is 0 Å². The fourth-order valence-electron chi connectivity index (χ4n) is 10.6. The average Bonchev–Trinajstić information content (AvgIpc) is 3.99. The maximum atomic E-state index is 13.6. The molecule has 3 N–H and O–H groups in total. The van der Waals surface area contributed by atoms with Crippen molar-refractivity contribution < 1.29 is 29.1 Å². The maximum Gasteiger partial charge on any atom is 0.274 e. The van der Waals surface area contributed by atoms with E-state index in [2.05, 4.69) is 41.2 Å². The molecule has 3 saturated heterocycles. The van der Waals surface area contributed by atoms with Crippen molar-refractivity contribution in [1.82, 2.24) is 39.4 Å². The van der Waals surface area contributed by atoms with Gasteiger partial charge in [0, 0.05) is 86.3 Å². The quantitative estimate of drug-likeness (QED) is 0.188. The molecule has 4 aliphatic heterocycles. The number of rotatable bonds is 8. The van der Waals surface area contributed by atoms with Gasteiger partial charge in [-0.05, 0) is 107 Å². The first-order chi connectivity index (χ1) is 30.8. The lowest BCUT2D eigenvalue weighted by Crippen LogP contribution is -2.55. The molecule has 5 amide bonds. The van der Waals surface area contributed by atoms with E-state index in [4.69, 9.17) is 5.10 Å². The first kappa shape index (κ1) is 41.5. The third-order valence-electron chi connectivity index (χ3n) is 14.1. The number of nitrogens with one attached hydrogen (secondary N) is 2. The van der Waals surface area contributed by atoms with Crippen LogP contribution in [-0.2, 0) is 15.2 Å². The summed E-state index contributed by atoms with van der Waals surface area (Å²) in [6.07, 6.45) is 9.92. The number of anilines is 2. The molecule has 0 spiro atoms. The van der Waals surface area contributed by atoms with E-state index in [-0.39, 0.29) is 24.8 Å². The molecule has 1 atom stereocenters. The number of hydrogen-bond donors (Lipinski definition) is 3. The van der Waals surface area contributed by atoms with Gasteiger partial charge in [0.15, 0.2) is 0 Å². The minimum absolute atomic E-state index is 0.0912. The zero-order valence-electron chi connectivity index (χ0n) is 36.0. The molecule has 0 radical (unpaired) electrons. The van der Waals surface area contributed by atoms with Gasteiger partial charge >= 0.3 is 0 Å². The Morgan fingerprint density at radius 2 is 1.52 bits per heavy atom. The molecule has 7 heterocycles. The minimum atomic E-state index is -1.25. The van der Waals surface area contributed by atoms with Gasteiger partial charge in [-0.1, -0.05) is 0 Å². The molecule has 0 bridgehead atoms. The predicted octanol–water partition coefficient (Wildman–Crippen LogP) is 4.21. The van der Waals surface area contributed by atoms with Crippen LogP contribution in [0, 0.1) is 11.3 Å². The van der Waals surface area contributed by atoms with Crippen LogP contribution in [0.4, 0.5) is 11.4 Å². The molecule has 5 aliphatic rings. The highest BCUT2D eigenvalue weighted by molar-refractivity contribution is 6.23. The minimum Gasteiger partial charge on any atom is -0.386 e. The van der Waals surface area contributed by atoms with Gasteiger partial charge in [0.2, 0.25) is 11.8 Å². The highest BCUT2D eigenvalue weighted by Crippen LogP contribution is 2.37. The maximum absolute atomic E-state index is 13.6. The number of benzene rings is 2. The number of piperidine rings is 2. The third-order valence-corrected chi connectivity index (χ3v) is 14.1. The number of aliphatic hydroxyl groups is 1. The molecule has 10 rings (SSSR count). The molecule has 2 aromatic carbocycles. The van der Waals surface area contributed by atoms with Crippen molar-refractivity contribution in [3.63, 3.8) is 0 Å². The fourth-order valence-corrected chi connectivity index (χ4v) is 10.6. The number of amides is 5. The van der Waals surface area contributed by atoms with Crippen LogP contribution in [0.1, 0.15) is 114 Å². The largest absolute Gasteiger partial charge is 0.386 e. The Balaban J connectivity index is 0.719. The molecule has 1 saturated carbocycles. The van der Waals surface area contributed by atoms with Crippen LogP contribution in [-0.4, -0.2) is 126 Å². The number of nitriles is 1. The zero-order valence-corrected chi connectivity index (χ0v) is 36.0. The van der Waals surface area contributed by atoms with E-state index >= 15 is 0 Å². The van der Waals surface area contributed by atoms with Crippen molar-refractivity contribution in [2.24, 2.45) is 0 Å². The van der Waals surface area contributed by atoms with Gasteiger partial charge < -0.3 is 15.3 Å². The Morgan fingerprint density at radius 1 is 0.828 bits per heavy atom. The third kappa shape index (κ3) is 7.58. The van der Waals surface area contributed by atoms with Gasteiger partial charge in [-0.3, -0.25) is 48.7 Å². The van der Waals surface area contributed by atoms with E-state index < -0.39 is 35.3 Å². The fraction of sp³-hybridized carbons (Fsp3) is 0.447. The number of aromatic nitrogens is 4. The first-order valence-electron chi connectivity index (χ1n) is 22.4. The van der Waals surface area contributed by atoms with E-state index in [9.17, 15) is 34.3 Å². The lowest BCUT2D eigenvalue weighted by Gasteiger charge is -2.46. The topological polar surface area (TPSA) is 202 Å². The smallest absolute Gasteiger partial charge is 0.274 e. The summed E-state index contributed by atoms with van der Waals surface area (Å²) >= 11 is 0. The van der Waals surface area contributed by atoms with Gasteiger partial charge in [0.1, 0.15) is 17.8 Å². The summed E-state index contributed by atoms with van der Waals surface area (Å²) in [4.78, 5) is 72.9. The standard InChI is InChI=1S/C47H51N11O6/c1-47(2,64)37-24-38-29(22-39(37)50-44(61)41-10-8-34-21-28(25-48)26-49-58(34)41)27-56(52-38)32-5-3-30(4-6-32)54-17-19-55(20-18-54)31-13-15-53(16-14-31)33-7-9-35-36(23-33)46(63)57(45(35)62)40-11-12-42(59)51-43(40)60/h7-10,21-24,26-27,30-32,40,64H,3-6,11-20H2,1-2H3,(H,50,61)(H,51,59,60). The second-order valence-corrected chi connectivity index (χ2v) is 18.4. The molecule has 64 heavy (non-hydrogen) atoms. The molecule has 330 valence electrons. The van der Waals surface area contributed by atoms with Crippen LogP contribution >= 0.6 is 0 Å². The number of carbonyl (C=O) groups is 5. The Bertz CT molecular complexity index is 2760. The SMILES string of the molecule is CC(C)(O)c1cc2nn(C3CCC(N4CCN(C5CCN(c6ccc7c(c6)C(=O)N(C6CCC(=O)NC6=O)C7=O)CC5)CC4)CC3)cc2cc1NC(=O)c1ccc2cc(C#N)cnn12. The molecule has 17 nitrogen and oxygen atoms in total. The number of hydrogen-bond acceptors (Lipinski definition) is 12. The zero-order chi connectivity index (χ0) is 44.4. The molecular formula is C47H51N11O6. The lowest BCUT2D eigenvalue weighted by atomic mass is 9.89. The van der Waals surface area contributed by atoms with Gasteiger partial charge in [-0.15, -0.1) is 0 Å². The van der Waals surface area contributed by atoms with Gasteiger partial charge in [0.25, 0.3) is 17.7 Å². The Kier molecular flexibility index (Phi) is 10.5. The molecule has 4 fully saturated rings. The van der Waals surface area contributed by atoms with E-state index in [0.29, 0.717) is 51.2 Å². The van der Waals surface area contributed by atoms with Crippen molar-refractivity contribution >= 4 is 57.3 Å². The lowest BCUT2D eigenvalue weighted by molar-refractivity contribution is -0.136. The average molecular weight is 866 g/mol. The van der Waals surface area contributed by atoms with Crippen LogP contribution in [0.25, 0.3) is 16.4 Å². The molecule has 1 unspecified atom stereocenters. The first-order valence-corrected chi connectivity index (χ1v) is 22.4. The van der Waals surface area contributed by atoms with E-state index in [1.165, 1.54) is 10.7 Å². The second kappa shape index (κ2) is 16.3. The number of imide groups is 2. The summed E-state index contributed by atoms with van der Waals surface area (Å²) in [5.41, 5.74) is 3.44.